The monoisotopic (exact) mass is 704 g/mol. The molecule has 2 N–H and O–H groups in total. The van der Waals surface area contributed by atoms with E-state index in [0.29, 0.717) is 63.7 Å². The van der Waals surface area contributed by atoms with E-state index < -0.39 is 26.4 Å². The molecule has 0 aromatic heterocycles. The molecule has 2 fully saturated rings. The highest BCUT2D eigenvalue weighted by atomic mass is 28.3. The van der Waals surface area contributed by atoms with Crippen LogP contribution in [0.25, 0.3) is 5.57 Å². The fraction of sp³-hybridized carbons (Fsp3) is 0.462. The van der Waals surface area contributed by atoms with Crippen LogP contribution in [-0.4, -0.2) is 107 Å². The van der Waals surface area contributed by atoms with Crippen LogP contribution in [0, 0.1) is 0 Å². The van der Waals surface area contributed by atoms with E-state index in [2.05, 4.69) is 37.5 Å². The van der Waals surface area contributed by atoms with Gasteiger partial charge in [0.25, 0.3) is 5.91 Å². The fourth-order valence-electron chi connectivity index (χ4n) is 7.15. The van der Waals surface area contributed by atoms with Gasteiger partial charge < -0.3 is 24.8 Å². The Kier molecular flexibility index (Phi) is 11.1. The zero-order valence-electron chi connectivity index (χ0n) is 29.3. The van der Waals surface area contributed by atoms with Crippen molar-refractivity contribution in [2.24, 2.45) is 0 Å². The van der Waals surface area contributed by atoms with Crippen LogP contribution < -0.4 is 15.4 Å². The van der Waals surface area contributed by atoms with E-state index in [9.17, 15) is 23.5 Å². The maximum absolute atomic E-state index is 13.9. The summed E-state index contributed by atoms with van der Waals surface area (Å²) < 4.78 is 41.0. The third-order valence-electron chi connectivity index (χ3n) is 10.1. The van der Waals surface area contributed by atoms with Gasteiger partial charge in [0.1, 0.15) is 14.2 Å². The van der Waals surface area contributed by atoms with Crippen LogP contribution in [0.1, 0.15) is 64.4 Å². The lowest BCUT2D eigenvalue weighted by atomic mass is 9.86. The topological polar surface area (TPSA) is 91.1 Å². The van der Waals surface area contributed by atoms with Gasteiger partial charge in [-0.05, 0) is 75.5 Å². The van der Waals surface area contributed by atoms with Crippen molar-refractivity contribution in [3.8, 4) is 0 Å². The maximum Gasteiger partial charge on any atom is 0.336 e. The molecule has 2 saturated heterocycles. The summed E-state index contributed by atoms with van der Waals surface area (Å²) >= 11 is 0. The summed E-state index contributed by atoms with van der Waals surface area (Å²) in [4.78, 5) is 28.1. The highest BCUT2D eigenvalue weighted by Crippen LogP contribution is 2.43. The molecular formula is C39H48F2N3O5Si+. The van der Waals surface area contributed by atoms with Crippen LogP contribution in [0.15, 0.2) is 65.4 Å². The lowest BCUT2D eigenvalue weighted by Crippen LogP contribution is -2.52. The third-order valence-corrected chi connectivity index (χ3v) is 13.6. The molecule has 2 aromatic rings. The van der Waals surface area contributed by atoms with E-state index in [0.717, 1.165) is 51.5 Å². The number of unbranched alkanes of at least 4 members (excludes halogenated alkanes) is 3. The van der Waals surface area contributed by atoms with Crippen molar-refractivity contribution < 1.29 is 37.5 Å². The lowest BCUT2D eigenvalue weighted by Gasteiger charge is -2.41. The average Bonchev–Trinajstić information content (AvgIpc) is 3.07. The zero-order chi connectivity index (χ0) is 35.4. The molecule has 0 spiro atoms. The number of anilines is 1. The first-order valence-electron chi connectivity index (χ1n) is 17.8. The fourth-order valence-corrected chi connectivity index (χ4v) is 10.2. The number of ether oxygens (including phenoxy) is 2. The molecule has 2 aromatic carbocycles. The molecule has 266 valence electrons. The van der Waals surface area contributed by atoms with Gasteiger partial charge in [0.2, 0.25) is 6.17 Å². The van der Waals surface area contributed by atoms with Gasteiger partial charge in [-0.15, -0.1) is 0 Å². The Hall–Kier alpha value is -3.93. The quantitative estimate of drug-likeness (QED) is 0.146. The van der Waals surface area contributed by atoms with Crippen molar-refractivity contribution in [2.75, 3.05) is 64.1 Å². The number of carbonyl (C=O) groups is 2. The second-order valence-corrected chi connectivity index (χ2v) is 18.4. The summed E-state index contributed by atoms with van der Waals surface area (Å²) in [7, 11) is -2.41. The molecule has 11 heteroatoms. The first-order chi connectivity index (χ1) is 24.1. The van der Waals surface area contributed by atoms with E-state index >= 15 is 0 Å². The number of benzene rings is 2. The maximum atomic E-state index is 13.9. The van der Waals surface area contributed by atoms with Crippen molar-refractivity contribution in [3.63, 3.8) is 0 Å². The molecule has 1 aliphatic carbocycles. The highest BCUT2D eigenvalue weighted by molar-refractivity contribution is 6.98. The second-order valence-electron chi connectivity index (χ2n) is 14.1. The van der Waals surface area contributed by atoms with Crippen molar-refractivity contribution in [3.05, 3.63) is 87.6 Å². The molecule has 6 rings (SSSR count). The van der Waals surface area contributed by atoms with Gasteiger partial charge in [0, 0.05) is 36.6 Å². The molecule has 0 saturated carbocycles. The Balaban J connectivity index is 1.28. The Morgan fingerprint density at radius 1 is 0.940 bits per heavy atom. The van der Waals surface area contributed by atoms with Gasteiger partial charge in [-0.3, -0.25) is 4.79 Å². The van der Waals surface area contributed by atoms with Crippen LogP contribution >= 0.6 is 0 Å². The number of alkyl halides is 2. The predicted molar refractivity (Wildman–Crippen MR) is 195 cm³/mol. The summed E-state index contributed by atoms with van der Waals surface area (Å²) in [6.07, 6.45) is 9.04. The van der Waals surface area contributed by atoms with Gasteiger partial charge in [-0.2, -0.15) is 0 Å². The number of aromatic carboxylic acids is 1. The number of hydrogen-bond donors (Lipinski definition) is 2. The molecular weight excluding hydrogens is 657 g/mol. The molecule has 50 heavy (non-hydrogen) atoms. The van der Waals surface area contributed by atoms with Gasteiger partial charge in [0.15, 0.2) is 18.8 Å². The average molecular weight is 705 g/mol. The minimum atomic E-state index is -2.41. The minimum Gasteiger partial charge on any atom is -0.478 e. The molecule has 3 aliphatic heterocycles. The van der Waals surface area contributed by atoms with E-state index in [-0.39, 0.29) is 11.5 Å². The third kappa shape index (κ3) is 7.55. The number of hydrogen-bond acceptors (Lipinski definition) is 5. The number of allylic oxidation sites excluding steroid dienone is 5. The molecule has 0 bridgehead atoms. The van der Waals surface area contributed by atoms with Crippen molar-refractivity contribution in [2.45, 2.75) is 58.0 Å². The highest BCUT2D eigenvalue weighted by Gasteiger charge is 2.43. The molecule has 1 amide bonds. The number of halogens is 2. The Morgan fingerprint density at radius 3 is 2.40 bits per heavy atom. The lowest BCUT2D eigenvalue weighted by molar-refractivity contribution is -0.599. The number of amides is 1. The van der Waals surface area contributed by atoms with Crippen molar-refractivity contribution in [1.29, 1.82) is 0 Å². The molecule has 8 nitrogen and oxygen atoms in total. The van der Waals surface area contributed by atoms with Gasteiger partial charge in [-0.1, -0.05) is 45.3 Å². The predicted octanol–water partition coefficient (Wildman–Crippen LogP) is 5.46. The number of nitrogens with one attached hydrogen (secondary N) is 1. The Labute approximate surface area is 294 Å². The summed E-state index contributed by atoms with van der Waals surface area (Å²) in [6.45, 7) is 10.4. The van der Waals surface area contributed by atoms with E-state index in [1.807, 2.05) is 33.8 Å². The molecule has 0 unspecified atom stereocenters. The number of rotatable bonds is 15. The van der Waals surface area contributed by atoms with Crippen LogP contribution in [0.5, 0.6) is 0 Å². The van der Waals surface area contributed by atoms with Crippen molar-refractivity contribution >= 4 is 42.1 Å². The molecule has 0 atom stereocenters. The van der Waals surface area contributed by atoms with Crippen molar-refractivity contribution in [1.82, 2.24) is 5.32 Å². The van der Waals surface area contributed by atoms with Crippen LogP contribution in [0.3, 0.4) is 0 Å². The Morgan fingerprint density at radius 2 is 1.70 bits per heavy atom. The number of nitrogens with zero attached hydrogens (tertiary/aromatic N) is 2. The van der Waals surface area contributed by atoms with E-state index in [4.69, 9.17) is 9.47 Å². The number of fused-ring (bicyclic) bond motifs is 2. The van der Waals surface area contributed by atoms with Crippen LogP contribution in [-0.2, 0) is 9.47 Å². The Bertz CT molecular complexity index is 1750. The minimum absolute atomic E-state index is 0.0898. The van der Waals surface area contributed by atoms with Gasteiger partial charge in [-0.25, -0.2) is 18.2 Å². The van der Waals surface area contributed by atoms with Gasteiger partial charge in [0.05, 0.1) is 38.5 Å². The first-order valence-corrected chi connectivity index (χ1v) is 20.8. The van der Waals surface area contributed by atoms with E-state index in [1.165, 1.54) is 25.3 Å². The first kappa shape index (κ1) is 35.9. The summed E-state index contributed by atoms with van der Waals surface area (Å²) in [5.41, 5.74) is 5.32. The van der Waals surface area contributed by atoms with Crippen LogP contribution in [0.4, 0.5) is 14.5 Å². The molecule has 4 aliphatic rings. The number of carboxylic acid groups (broad SMARTS) is 1. The number of carbonyl (C=O) groups excluding carboxylic acids is 1. The smallest absolute Gasteiger partial charge is 0.336 e. The van der Waals surface area contributed by atoms with Gasteiger partial charge >= 0.3 is 5.97 Å². The summed E-state index contributed by atoms with van der Waals surface area (Å²) in [5, 5.41) is 15.5. The molecule has 0 radical (unpaired) electrons. The zero-order valence-corrected chi connectivity index (χ0v) is 30.3. The van der Waals surface area contributed by atoms with Crippen LogP contribution in [0.2, 0.25) is 13.1 Å². The normalized spacial score (nSPS) is 19.4. The summed E-state index contributed by atoms with van der Waals surface area (Å²) in [6, 6.07) is 10.8. The summed E-state index contributed by atoms with van der Waals surface area (Å²) in [5.74, 6) is -1.42. The standard InChI is InChI=1S/C39H47F2N3O5Si/c1-4-5-6-7-15-48-17-18-49-16-14-42-38(45)26-8-11-31(39(46)47)34(19-26)37-32-12-9-29(43-22-27(40)23-43)20-35(32)50(2,3)36-21-30(10-13-33(36)37)44-24-28(41)25-44/h8-13,19-21,27-28H,4-7,14-18,22-25H2,1-3H3,(H-,42,45,46,47)/p+1. The largest absolute Gasteiger partial charge is 0.478 e. The SMILES string of the molecule is CCCCCCOCCOCCNC(=O)c1ccc(C(=O)O)c(C2=C3C=CC(=[N+]4CC(F)C4)C=C3[Si](C)(C)c3cc(N4CC(F)C4)ccc32)c1. The molecule has 3 heterocycles. The second kappa shape index (κ2) is 15.5. The number of carboxylic acids is 1. The van der Waals surface area contributed by atoms with E-state index in [1.54, 1.807) is 12.1 Å².